The van der Waals surface area contributed by atoms with Gasteiger partial charge >= 0.3 is 5.19 Å². The quantitative estimate of drug-likeness (QED) is 0.644. The molecule has 0 radical (unpaired) electrons. The molecule has 0 saturated carbocycles. The van der Waals surface area contributed by atoms with Gasteiger partial charge in [0.25, 0.3) is 0 Å². The molecule has 1 aromatic rings. The second kappa shape index (κ2) is 3.50. The molecule has 0 N–H and O–H groups in total. The first-order chi connectivity index (χ1) is 5.64. The predicted octanol–water partition coefficient (Wildman–Crippen LogP) is 1.11. The number of aromatic nitrogens is 3. The summed E-state index contributed by atoms with van der Waals surface area (Å²) in [5.41, 5.74) is -0.518. The van der Waals surface area contributed by atoms with Crippen molar-refractivity contribution in [2.45, 2.75) is 26.4 Å². The number of hydrogen-bond donors (Lipinski definition) is 0. The van der Waals surface area contributed by atoms with Crippen LogP contribution in [0, 0.1) is 11.8 Å². The van der Waals surface area contributed by atoms with Gasteiger partial charge in [0.2, 0.25) is 0 Å². The third-order valence-corrected chi connectivity index (χ3v) is 1.53. The fraction of sp³-hybridized carbons (Fsp3) is 0.571. The highest BCUT2D eigenvalue weighted by Crippen LogP contribution is 2.16. The molecule has 0 atom stereocenters. The lowest BCUT2D eigenvalue weighted by Crippen LogP contribution is -2.25. The normalized spacial score (nSPS) is 10.2. The third kappa shape index (κ3) is 2.47. The van der Waals surface area contributed by atoms with Crippen LogP contribution >= 0.6 is 11.5 Å². The lowest BCUT2D eigenvalue weighted by Gasteiger charge is -2.16. The van der Waals surface area contributed by atoms with Crippen molar-refractivity contribution >= 4 is 11.5 Å². The summed E-state index contributed by atoms with van der Waals surface area (Å²) in [6.45, 7) is 5.50. The van der Waals surface area contributed by atoms with Crippen molar-refractivity contribution in [1.29, 1.82) is 0 Å². The zero-order valence-electron chi connectivity index (χ0n) is 7.16. The zero-order valence-corrected chi connectivity index (χ0v) is 7.97. The summed E-state index contributed by atoms with van der Waals surface area (Å²) >= 11 is 1.11. The molecule has 0 fully saturated rings. The summed E-state index contributed by atoms with van der Waals surface area (Å²) in [6, 6.07) is 0. The van der Waals surface area contributed by atoms with E-state index in [1.807, 2.05) is 13.8 Å². The molecular formula is C7H9N3OS. The van der Waals surface area contributed by atoms with Crippen LogP contribution in [0.3, 0.4) is 0 Å². The van der Waals surface area contributed by atoms with E-state index in [-0.39, 0.29) is 0 Å². The Balaban J connectivity index is 2.66. The Morgan fingerprint density at radius 1 is 1.50 bits per heavy atom. The molecule has 5 heteroatoms. The van der Waals surface area contributed by atoms with Gasteiger partial charge in [-0.25, -0.2) is 0 Å². The summed E-state index contributed by atoms with van der Waals surface area (Å²) in [6.07, 6.45) is 0. The largest absolute Gasteiger partial charge is 0.449 e. The van der Waals surface area contributed by atoms with E-state index in [4.69, 9.17) is 4.74 Å². The molecule has 0 aliphatic rings. The highest BCUT2D eigenvalue weighted by Gasteiger charge is 2.17. The maximum Gasteiger partial charge on any atom is 0.315 e. The first kappa shape index (κ1) is 8.94. The number of nitrogens with zero attached hydrogens (tertiary/aromatic N) is 3. The maximum atomic E-state index is 5.39. The number of ether oxygens (including phenoxy) is 1. The highest BCUT2D eigenvalue weighted by atomic mass is 32.1. The van der Waals surface area contributed by atoms with Gasteiger partial charge < -0.3 is 4.74 Å². The van der Waals surface area contributed by atoms with Gasteiger partial charge in [-0.2, -0.15) is 0 Å². The van der Waals surface area contributed by atoms with E-state index < -0.39 is 5.60 Å². The molecule has 1 heterocycles. The lowest BCUT2D eigenvalue weighted by atomic mass is 10.1. The molecule has 0 amide bonds. The van der Waals surface area contributed by atoms with Gasteiger partial charge in [-0.3, -0.25) is 0 Å². The van der Waals surface area contributed by atoms with Crippen molar-refractivity contribution in [1.82, 2.24) is 14.8 Å². The first-order valence-corrected chi connectivity index (χ1v) is 4.19. The standard InChI is InChI=1S/C7H9N3OS/c1-4-5-7(2,3)11-6-8-9-10-12-6/h1-3H3. The van der Waals surface area contributed by atoms with Crippen LogP contribution in [0.15, 0.2) is 0 Å². The van der Waals surface area contributed by atoms with Gasteiger partial charge in [0, 0.05) is 11.5 Å². The monoisotopic (exact) mass is 183 g/mol. The minimum Gasteiger partial charge on any atom is -0.449 e. The molecule has 1 aromatic heterocycles. The van der Waals surface area contributed by atoms with Crippen molar-refractivity contribution in [3.8, 4) is 17.0 Å². The van der Waals surface area contributed by atoms with Crippen LogP contribution in [-0.2, 0) is 0 Å². The van der Waals surface area contributed by atoms with Crippen LogP contribution in [0.1, 0.15) is 20.8 Å². The summed E-state index contributed by atoms with van der Waals surface area (Å²) in [5, 5.41) is 7.51. The van der Waals surface area contributed by atoms with Crippen molar-refractivity contribution in [3.63, 3.8) is 0 Å². The Morgan fingerprint density at radius 3 is 2.75 bits per heavy atom. The molecule has 0 spiro atoms. The number of hydrogen-bond acceptors (Lipinski definition) is 5. The lowest BCUT2D eigenvalue weighted by molar-refractivity contribution is 0.170. The van der Waals surface area contributed by atoms with E-state index in [0.29, 0.717) is 5.19 Å². The average molecular weight is 183 g/mol. The SMILES string of the molecule is CC#CC(C)(C)Oc1nnns1. The fourth-order valence-corrected chi connectivity index (χ4v) is 1.17. The van der Waals surface area contributed by atoms with Crippen molar-refractivity contribution in [2.75, 3.05) is 0 Å². The van der Waals surface area contributed by atoms with Gasteiger partial charge in [-0.15, -0.1) is 5.92 Å². The van der Waals surface area contributed by atoms with Gasteiger partial charge in [0.1, 0.15) is 0 Å². The van der Waals surface area contributed by atoms with Crippen molar-refractivity contribution in [2.24, 2.45) is 0 Å². The van der Waals surface area contributed by atoms with Crippen LogP contribution < -0.4 is 4.74 Å². The fourth-order valence-electron chi connectivity index (χ4n) is 0.710. The van der Waals surface area contributed by atoms with Crippen LogP contribution in [0.5, 0.6) is 5.19 Å². The van der Waals surface area contributed by atoms with Gasteiger partial charge in [0.15, 0.2) is 5.60 Å². The zero-order chi connectivity index (χ0) is 9.03. The smallest absolute Gasteiger partial charge is 0.315 e. The van der Waals surface area contributed by atoms with Crippen LogP contribution in [0.4, 0.5) is 0 Å². The molecule has 0 bridgehead atoms. The highest BCUT2D eigenvalue weighted by molar-refractivity contribution is 7.07. The second-order valence-electron chi connectivity index (χ2n) is 2.62. The molecular weight excluding hydrogens is 174 g/mol. The van der Waals surface area contributed by atoms with Crippen molar-refractivity contribution in [3.05, 3.63) is 0 Å². The molecule has 0 aliphatic carbocycles. The Bertz CT molecular complexity index is 296. The van der Waals surface area contributed by atoms with Gasteiger partial charge in [-0.1, -0.05) is 15.5 Å². The molecule has 0 saturated heterocycles. The minimum absolute atomic E-state index is 0.447. The van der Waals surface area contributed by atoms with Crippen molar-refractivity contribution < 1.29 is 4.74 Å². The summed E-state index contributed by atoms with van der Waals surface area (Å²) in [4.78, 5) is 0. The van der Waals surface area contributed by atoms with E-state index in [1.54, 1.807) is 6.92 Å². The predicted molar refractivity (Wildman–Crippen MR) is 45.9 cm³/mol. The van der Waals surface area contributed by atoms with Crippen LogP contribution in [-0.4, -0.2) is 20.4 Å². The maximum absolute atomic E-state index is 5.39. The molecule has 64 valence electrons. The van der Waals surface area contributed by atoms with E-state index in [2.05, 4.69) is 26.6 Å². The summed E-state index contributed by atoms with van der Waals surface area (Å²) in [7, 11) is 0. The minimum atomic E-state index is -0.518. The molecule has 12 heavy (non-hydrogen) atoms. The molecule has 1 rings (SSSR count). The Hall–Kier alpha value is -1.15. The number of rotatable bonds is 2. The van der Waals surface area contributed by atoms with E-state index in [0.717, 1.165) is 11.5 Å². The topological polar surface area (TPSA) is 47.9 Å². The van der Waals surface area contributed by atoms with Crippen LogP contribution in [0.2, 0.25) is 0 Å². The second-order valence-corrected chi connectivity index (χ2v) is 3.31. The molecule has 0 unspecified atom stereocenters. The van der Waals surface area contributed by atoms with Gasteiger partial charge in [-0.05, 0) is 26.0 Å². The third-order valence-electron chi connectivity index (χ3n) is 1.05. The molecule has 4 nitrogen and oxygen atoms in total. The molecule has 0 aliphatic heterocycles. The van der Waals surface area contributed by atoms with E-state index in [1.165, 1.54) is 0 Å². The molecule has 0 aromatic carbocycles. The van der Waals surface area contributed by atoms with E-state index in [9.17, 15) is 0 Å². The Morgan fingerprint density at radius 2 is 2.25 bits per heavy atom. The average Bonchev–Trinajstić information content (AvgIpc) is 2.38. The van der Waals surface area contributed by atoms with E-state index >= 15 is 0 Å². The van der Waals surface area contributed by atoms with Crippen LogP contribution in [0.25, 0.3) is 0 Å². The summed E-state index contributed by atoms with van der Waals surface area (Å²) in [5.74, 6) is 5.68. The van der Waals surface area contributed by atoms with Gasteiger partial charge in [0.05, 0.1) is 0 Å². The first-order valence-electron chi connectivity index (χ1n) is 3.42. The summed E-state index contributed by atoms with van der Waals surface area (Å²) < 4.78 is 8.96. The Labute approximate surface area is 75.1 Å². The Kier molecular flexibility index (Phi) is 2.61.